The van der Waals surface area contributed by atoms with E-state index in [4.69, 9.17) is 16.0 Å². The van der Waals surface area contributed by atoms with Gasteiger partial charge in [-0.3, -0.25) is 0 Å². The molecule has 1 rings (SSSR count). The van der Waals surface area contributed by atoms with E-state index < -0.39 is 8.32 Å². The van der Waals surface area contributed by atoms with Gasteiger partial charge in [-0.25, -0.2) is 4.98 Å². The number of nitrogens with zero attached hydrogens (tertiary/aromatic N) is 1. The molecule has 0 bridgehead atoms. The highest BCUT2D eigenvalue weighted by molar-refractivity contribution is 6.74. The first-order valence-corrected chi connectivity index (χ1v) is 8.92. The quantitative estimate of drug-likeness (QED) is 0.450. The number of rotatable bonds is 3. The lowest BCUT2D eigenvalue weighted by atomic mass is 10.2. The van der Waals surface area contributed by atoms with Gasteiger partial charge in [-0.05, 0) is 30.3 Å². The Morgan fingerprint density at radius 1 is 1.41 bits per heavy atom. The third-order valence-electron chi connectivity index (χ3n) is 3.23. The second kappa shape index (κ2) is 4.82. The molecule has 0 saturated carbocycles. The molecule has 94 valence electrons. The van der Waals surface area contributed by atoms with Crippen molar-refractivity contribution in [1.82, 2.24) is 4.98 Å². The van der Waals surface area contributed by atoms with E-state index in [0.717, 1.165) is 5.56 Å². The van der Waals surface area contributed by atoms with Crippen molar-refractivity contribution in [2.75, 3.05) is 0 Å². The fraction of sp³-hybridized carbons (Fsp3) is 0.462. The molecular weight excluding hydrogens is 250 g/mol. The summed E-state index contributed by atoms with van der Waals surface area (Å²) < 4.78 is 6.10. The number of aromatic nitrogens is 1. The first-order valence-electron chi connectivity index (χ1n) is 5.63. The Kier molecular flexibility index (Phi) is 4.05. The number of hydrogen-bond donors (Lipinski definition) is 0. The normalized spacial score (nSPS) is 12.4. The maximum absolute atomic E-state index is 6.10. The number of halogens is 1. The Labute approximate surface area is 110 Å². The van der Waals surface area contributed by atoms with E-state index in [-0.39, 0.29) is 5.04 Å². The molecule has 0 aromatic carbocycles. The molecule has 0 spiro atoms. The molecule has 1 aromatic rings. The summed E-state index contributed by atoms with van der Waals surface area (Å²) in [6.07, 6.45) is 1.66. The molecule has 0 atom stereocenters. The monoisotopic (exact) mass is 269 g/mol. The van der Waals surface area contributed by atoms with Crippen molar-refractivity contribution in [3.63, 3.8) is 0 Å². The molecule has 4 heteroatoms. The third-order valence-corrected chi connectivity index (χ3v) is 7.81. The van der Waals surface area contributed by atoms with Crippen LogP contribution in [0.1, 0.15) is 26.3 Å². The van der Waals surface area contributed by atoms with Crippen molar-refractivity contribution in [3.8, 4) is 0 Å². The van der Waals surface area contributed by atoms with E-state index in [1.807, 2.05) is 6.07 Å². The van der Waals surface area contributed by atoms with Gasteiger partial charge < -0.3 is 4.43 Å². The maximum Gasteiger partial charge on any atom is 0.250 e. The van der Waals surface area contributed by atoms with Gasteiger partial charge in [0.25, 0.3) is 0 Å². The van der Waals surface area contributed by atoms with Crippen molar-refractivity contribution < 1.29 is 4.43 Å². The number of pyridine rings is 1. The summed E-state index contributed by atoms with van der Waals surface area (Å²) in [5, 5.41) is 0.620. The van der Waals surface area contributed by atoms with E-state index >= 15 is 0 Å². The minimum Gasteiger partial charge on any atom is -0.543 e. The molecule has 17 heavy (non-hydrogen) atoms. The zero-order chi connectivity index (χ0) is 13.3. The fourth-order valence-corrected chi connectivity index (χ4v) is 2.31. The second-order valence-corrected chi connectivity index (χ2v) is 10.8. The highest BCUT2D eigenvalue weighted by Gasteiger charge is 2.39. The van der Waals surface area contributed by atoms with E-state index in [0.29, 0.717) is 10.9 Å². The topological polar surface area (TPSA) is 22.1 Å². The average Bonchev–Trinajstić information content (AvgIpc) is 2.15. The van der Waals surface area contributed by atoms with Crippen LogP contribution in [0.25, 0.3) is 5.76 Å². The van der Waals surface area contributed by atoms with Crippen LogP contribution in [0.2, 0.25) is 23.3 Å². The van der Waals surface area contributed by atoms with E-state index in [1.165, 1.54) is 0 Å². The molecule has 0 unspecified atom stereocenters. The molecule has 0 radical (unpaired) electrons. The van der Waals surface area contributed by atoms with Crippen molar-refractivity contribution >= 4 is 25.7 Å². The van der Waals surface area contributed by atoms with Crippen molar-refractivity contribution in [2.24, 2.45) is 0 Å². The second-order valence-electron chi connectivity index (χ2n) is 5.65. The van der Waals surface area contributed by atoms with Crippen LogP contribution in [-0.4, -0.2) is 13.3 Å². The Balaban J connectivity index is 2.87. The lowest BCUT2D eigenvalue weighted by molar-refractivity contribution is 0.459. The van der Waals surface area contributed by atoms with Crippen LogP contribution >= 0.6 is 11.6 Å². The van der Waals surface area contributed by atoms with Crippen molar-refractivity contribution in [3.05, 3.63) is 35.6 Å². The van der Waals surface area contributed by atoms with Gasteiger partial charge >= 0.3 is 0 Å². The Hall–Kier alpha value is -0.803. The van der Waals surface area contributed by atoms with Gasteiger partial charge in [0.1, 0.15) is 10.9 Å². The molecule has 0 saturated heterocycles. The Morgan fingerprint density at radius 3 is 2.47 bits per heavy atom. The molecular formula is C13H20ClNOSi. The molecule has 0 aliphatic rings. The third kappa shape index (κ3) is 3.58. The smallest absolute Gasteiger partial charge is 0.250 e. The van der Waals surface area contributed by atoms with Gasteiger partial charge in [0.05, 0.1) is 0 Å². The van der Waals surface area contributed by atoms with Gasteiger partial charge in [0.15, 0.2) is 0 Å². The largest absolute Gasteiger partial charge is 0.543 e. The van der Waals surface area contributed by atoms with Gasteiger partial charge in [0, 0.05) is 11.8 Å². The SMILES string of the molecule is C=C(O[Si](C)(C)C(C)(C)C)c1ccnc(Cl)c1. The first kappa shape index (κ1) is 14.3. The maximum atomic E-state index is 6.10. The van der Waals surface area contributed by atoms with E-state index in [1.54, 1.807) is 12.3 Å². The lowest BCUT2D eigenvalue weighted by Gasteiger charge is -2.37. The molecule has 0 aliphatic heterocycles. The van der Waals surface area contributed by atoms with Gasteiger partial charge in [0.2, 0.25) is 8.32 Å². The van der Waals surface area contributed by atoms with Crippen molar-refractivity contribution in [1.29, 1.82) is 0 Å². The molecule has 1 aromatic heterocycles. The van der Waals surface area contributed by atoms with Gasteiger partial charge in [-0.15, -0.1) is 0 Å². The summed E-state index contributed by atoms with van der Waals surface area (Å²) in [5.74, 6) is 0.681. The summed E-state index contributed by atoms with van der Waals surface area (Å²) in [5.41, 5.74) is 0.898. The molecule has 0 aliphatic carbocycles. The van der Waals surface area contributed by atoms with Crippen LogP contribution in [0, 0.1) is 0 Å². The zero-order valence-electron chi connectivity index (χ0n) is 11.2. The minimum absolute atomic E-state index is 0.159. The van der Waals surface area contributed by atoms with Crippen LogP contribution in [0.15, 0.2) is 24.9 Å². The lowest BCUT2D eigenvalue weighted by Crippen LogP contribution is -2.40. The minimum atomic E-state index is -1.83. The van der Waals surface area contributed by atoms with E-state index in [9.17, 15) is 0 Å². The summed E-state index contributed by atoms with van der Waals surface area (Å²) >= 11 is 5.85. The standard InChI is InChI=1S/C13H20ClNOSi/c1-10(11-7-8-15-12(14)9-11)16-17(5,6)13(2,3)4/h7-9H,1H2,2-6H3. The fourth-order valence-electron chi connectivity index (χ4n) is 1.10. The van der Waals surface area contributed by atoms with Gasteiger partial charge in [-0.2, -0.15) is 0 Å². The summed E-state index contributed by atoms with van der Waals surface area (Å²) in [4.78, 5) is 3.95. The zero-order valence-corrected chi connectivity index (χ0v) is 12.9. The predicted molar refractivity (Wildman–Crippen MR) is 76.6 cm³/mol. The van der Waals surface area contributed by atoms with Crippen LogP contribution in [-0.2, 0) is 4.43 Å². The number of hydrogen-bond acceptors (Lipinski definition) is 2. The van der Waals surface area contributed by atoms with Crippen LogP contribution < -0.4 is 0 Å². The molecule has 0 N–H and O–H groups in total. The molecule has 2 nitrogen and oxygen atoms in total. The van der Waals surface area contributed by atoms with Crippen molar-refractivity contribution in [2.45, 2.75) is 38.9 Å². The summed E-state index contributed by atoms with van der Waals surface area (Å²) in [6, 6.07) is 3.64. The predicted octanol–water partition coefficient (Wildman–Crippen LogP) is 4.73. The first-order chi connectivity index (χ1) is 7.63. The highest BCUT2D eigenvalue weighted by Crippen LogP contribution is 2.39. The van der Waals surface area contributed by atoms with Crippen LogP contribution in [0.5, 0.6) is 0 Å². The summed E-state index contributed by atoms with van der Waals surface area (Å²) in [7, 11) is -1.83. The highest BCUT2D eigenvalue weighted by atomic mass is 35.5. The van der Waals surface area contributed by atoms with Crippen LogP contribution in [0.3, 0.4) is 0 Å². The Bertz CT molecular complexity index is 424. The van der Waals surface area contributed by atoms with Gasteiger partial charge in [-0.1, -0.05) is 39.0 Å². The molecule has 0 fully saturated rings. The molecule has 1 heterocycles. The van der Waals surface area contributed by atoms with E-state index in [2.05, 4.69) is 45.4 Å². The Morgan fingerprint density at radius 2 is 2.00 bits per heavy atom. The average molecular weight is 270 g/mol. The van der Waals surface area contributed by atoms with Crippen LogP contribution in [0.4, 0.5) is 0 Å². The summed E-state index contributed by atoms with van der Waals surface area (Å²) in [6.45, 7) is 15.0. The molecule has 0 amide bonds.